The van der Waals surface area contributed by atoms with E-state index in [1.54, 1.807) is 31.2 Å². The van der Waals surface area contributed by atoms with Crippen LogP contribution in [0.4, 0.5) is 0 Å². The minimum Gasteiger partial charge on any atom is -0.463 e. The molecule has 2 aliphatic rings. The van der Waals surface area contributed by atoms with E-state index in [9.17, 15) is 14.4 Å². The topological polar surface area (TPSA) is 82.1 Å². The van der Waals surface area contributed by atoms with Crippen LogP contribution >= 0.6 is 0 Å². The molecule has 0 aliphatic carbocycles. The van der Waals surface area contributed by atoms with Crippen molar-refractivity contribution in [3.8, 4) is 0 Å². The van der Waals surface area contributed by atoms with Gasteiger partial charge in [0, 0.05) is 13.0 Å². The second-order valence-corrected chi connectivity index (χ2v) is 5.35. The Kier molecular flexibility index (Phi) is 4.35. The van der Waals surface area contributed by atoms with Crippen molar-refractivity contribution in [3.63, 3.8) is 0 Å². The quantitative estimate of drug-likeness (QED) is 0.614. The van der Waals surface area contributed by atoms with Crippen LogP contribution in [0, 0.1) is 0 Å². The fourth-order valence-corrected chi connectivity index (χ4v) is 2.86. The fraction of sp³-hybridized carbons (Fsp3) is 0.353. The maximum atomic E-state index is 12.6. The van der Waals surface area contributed by atoms with E-state index in [2.05, 4.69) is 4.74 Å². The molecule has 0 aromatic heterocycles. The number of methoxy groups -OCH3 is 1. The van der Waals surface area contributed by atoms with E-state index < -0.39 is 30.1 Å². The highest BCUT2D eigenvalue weighted by Crippen LogP contribution is 2.30. The van der Waals surface area contributed by atoms with Crippen LogP contribution in [0.15, 0.2) is 36.1 Å². The third kappa shape index (κ3) is 2.67. The summed E-state index contributed by atoms with van der Waals surface area (Å²) in [5.41, 5.74) is 0.713. The minimum absolute atomic E-state index is 0.0660. The van der Waals surface area contributed by atoms with Crippen LogP contribution in [-0.4, -0.2) is 48.7 Å². The Bertz CT molecular complexity index is 691. The molecular weight excluding hydrogens is 314 g/mol. The van der Waals surface area contributed by atoms with Crippen molar-refractivity contribution in [3.05, 3.63) is 47.2 Å². The maximum absolute atomic E-state index is 12.6. The molecule has 1 aromatic carbocycles. The molecule has 0 spiro atoms. The number of carbonyl (C=O) groups is 3. The van der Waals surface area contributed by atoms with Crippen LogP contribution in [0.3, 0.4) is 0 Å². The second-order valence-electron chi connectivity index (χ2n) is 5.35. The third-order valence-corrected chi connectivity index (χ3v) is 3.93. The standard InChI is InChI=1S/C17H17NO6/c1-3-23-14-9-10(8-13(24-14)17(21)22-2)18-15(19)11-6-4-5-7-12(11)16(18)20/h4-8,10,14H,3,9H2,1-2H3/t10-,14+/m1/s1. The average Bonchev–Trinajstić information content (AvgIpc) is 2.85. The van der Waals surface area contributed by atoms with Crippen molar-refractivity contribution in [2.24, 2.45) is 0 Å². The zero-order valence-electron chi connectivity index (χ0n) is 13.4. The average molecular weight is 331 g/mol. The molecule has 2 heterocycles. The summed E-state index contributed by atoms with van der Waals surface area (Å²) in [4.78, 5) is 38.1. The molecule has 24 heavy (non-hydrogen) atoms. The Morgan fingerprint density at radius 2 is 1.88 bits per heavy atom. The van der Waals surface area contributed by atoms with Gasteiger partial charge in [-0.1, -0.05) is 12.1 Å². The van der Waals surface area contributed by atoms with E-state index in [-0.39, 0.29) is 12.2 Å². The number of benzene rings is 1. The summed E-state index contributed by atoms with van der Waals surface area (Å²) >= 11 is 0. The zero-order valence-corrected chi connectivity index (χ0v) is 13.4. The molecule has 0 saturated carbocycles. The number of hydrogen-bond donors (Lipinski definition) is 0. The van der Waals surface area contributed by atoms with Gasteiger partial charge in [-0.05, 0) is 25.1 Å². The van der Waals surface area contributed by atoms with Crippen molar-refractivity contribution in [1.29, 1.82) is 0 Å². The summed E-state index contributed by atoms with van der Waals surface area (Å²) in [6.07, 6.45) is 0.950. The molecule has 7 nitrogen and oxygen atoms in total. The first-order chi connectivity index (χ1) is 11.6. The first kappa shape index (κ1) is 16.2. The van der Waals surface area contributed by atoms with Crippen molar-refractivity contribution in [2.75, 3.05) is 13.7 Å². The van der Waals surface area contributed by atoms with Gasteiger partial charge in [-0.25, -0.2) is 4.79 Å². The molecular formula is C17H17NO6. The lowest BCUT2D eigenvalue weighted by atomic mass is 10.1. The number of hydrogen-bond acceptors (Lipinski definition) is 6. The molecule has 3 rings (SSSR count). The smallest absolute Gasteiger partial charge is 0.373 e. The van der Waals surface area contributed by atoms with Crippen LogP contribution < -0.4 is 0 Å². The number of nitrogens with zero attached hydrogens (tertiary/aromatic N) is 1. The number of rotatable bonds is 4. The van der Waals surface area contributed by atoms with Crippen LogP contribution in [-0.2, 0) is 19.0 Å². The molecule has 0 radical (unpaired) electrons. The van der Waals surface area contributed by atoms with Crippen molar-refractivity contribution in [1.82, 2.24) is 4.90 Å². The van der Waals surface area contributed by atoms with Crippen LogP contribution in [0.5, 0.6) is 0 Å². The van der Waals surface area contributed by atoms with Gasteiger partial charge in [-0.2, -0.15) is 0 Å². The molecule has 0 fully saturated rings. The first-order valence-electron chi connectivity index (χ1n) is 7.62. The van der Waals surface area contributed by atoms with Gasteiger partial charge in [0.05, 0.1) is 24.3 Å². The summed E-state index contributed by atoms with van der Waals surface area (Å²) in [5.74, 6) is -1.53. The lowest BCUT2D eigenvalue weighted by molar-refractivity contribution is -0.159. The highest BCUT2D eigenvalue weighted by molar-refractivity contribution is 6.21. The Morgan fingerprint density at radius 1 is 1.25 bits per heavy atom. The molecule has 0 unspecified atom stereocenters. The Morgan fingerprint density at radius 3 is 2.42 bits per heavy atom. The molecule has 0 bridgehead atoms. The molecule has 126 valence electrons. The van der Waals surface area contributed by atoms with E-state index in [0.29, 0.717) is 17.7 Å². The number of fused-ring (bicyclic) bond motifs is 1. The monoisotopic (exact) mass is 331 g/mol. The summed E-state index contributed by atoms with van der Waals surface area (Å²) < 4.78 is 15.5. The van der Waals surface area contributed by atoms with Crippen molar-refractivity contribution < 1.29 is 28.6 Å². The molecule has 1 aromatic rings. The highest BCUT2D eigenvalue weighted by Gasteiger charge is 2.42. The van der Waals surface area contributed by atoms with Crippen molar-refractivity contribution in [2.45, 2.75) is 25.7 Å². The first-order valence-corrected chi connectivity index (χ1v) is 7.62. The predicted molar refractivity (Wildman–Crippen MR) is 81.9 cm³/mol. The van der Waals surface area contributed by atoms with Gasteiger partial charge in [-0.15, -0.1) is 0 Å². The highest BCUT2D eigenvalue weighted by atomic mass is 16.7. The molecule has 0 saturated heterocycles. The molecule has 2 atom stereocenters. The normalized spacial score (nSPS) is 22.8. The van der Waals surface area contributed by atoms with Gasteiger partial charge in [0.25, 0.3) is 11.8 Å². The lowest BCUT2D eigenvalue weighted by Gasteiger charge is -2.32. The number of carbonyl (C=O) groups excluding carboxylic acids is 3. The van der Waals surface area contributed by atoms with Crippen LogP contribution in [0.25, 0.3) is 0 Å². The van der Waals surface area contributed by atoms with E-state index in [1.807, 2.05) is 0 Å². The summed E-state index contributed by atoms with van der Waals surface area (Å²) in [7, 11) is 1.23. The third-order valence-electron chi connectivity index (χ3n) is 3.93. The SMILES string of the molecule is CCO[C@@H]1C[C@H](N2C(=O)c3ccccc3C2=O)C=C(C(=O)OC)O1. The van der Waals surface area contributed by atoms with Gasteiger partial charge in [-0.3, -0.25) is 14.5 Å². The van der Waals surface area contributed by atoms with Gasteiger partial charge < -0.3 is 14.2 Å². The summed E-state index contributed by atoms with van der Waals surface area (Å²) in [5, 5.41) is 0. The maximum Gasteiger partial charge on any atom is 0.373 e. The molecule has 0 N–H and O–H groups in total. The van der Waals surface area contributed by atoms with Gasteiger partial charge in [0.2, 0.25) is 12.0 Å². The molecule has 2 amide bonds. The van der Waals surface area contributed by atoms with Gasteiger partial charge >= 0.3 is 5.97 Å². The minimum atomic E-state index is -0.733. The van der Waals surface area contributed by atoms with E-state index in [0.717, 1.165) is 4.90 Å². The van der Waals surface area contributed by atoms with E-state index in [1.165, 1.54) is 13.2 Å². The second kappa shape index (κ2) is 6.45. The van der Waals surface area contributed by atoms with Crippen LogP contribution in [0.1, 0.15) is 34.1 Å². The summed E-state index contributed by atoms with van der Waals surface area (Å²) in [6, 6.07) is 5.99. The number of imide groups is 1. The van der Waals surface area contributed by atoms with E-state index in [4.69, 9.17) is 9.47 Å². The van der Waals surface area contributed by atoms with E-state index >= 15 is 0 Å². The predicted octanol–water partition coefficient (Wildman–Crippen LogP) is 1.49. The lowest BCUT2D eigenvalue weighted by Crippen LogP contribution is -2.44. The molecule has 7 heteroatoms. The molecule has 2 aliphatic heterocycles. The zero-order chi connectivity index (χ0) is 17.3. The Labute approximate surface area is 138 Å². The fourth-order valence-electron chi connectivity index (χ4n) is 2.86. The Hall–Kier alpha value is -2.67. The number of ether oxygens (including phenoxy) is 3. The van der Waals surface area contributed by atoms with Crippen molar-refractivity contribution >= 4 is 17.8 Å². The van der Waals surface area contributed by atoms with Crippen LogP contribution in [0.2, 0.25) is 0 Å². The number of esters is 1. The Balaban J connectivity index is 1.94. The largest absolute Gasteiger partial charge is 0.463 e. The van der Waals surface area contributed by atoms with Gasteiger partial charge in [0.1, 0.15) is 0 Å². The number of amides is 2. The van der Waals surface area contributed by atoms with Gasteiger partial charge in [0.15, 0.2) is 0 Å². The summed E-state index contributed by atoms with van der Waals surface area (Å²) in [6.45, 7) is 2.16.